The van der Waals surface area contributed by atoms with Gasteiger partial charge in [-0.25, -0.2) is 13.4 Å². The van der Waals surface area contributed by atoms with Gasteiger partial charge in [-0.15, -0.1) is 11.3 Å². The lowest BCUT2D eigenvalue weighted by molar-refractivity contribution is 0.102. The van der Waals surface area contributed by atoms with E-state index < -0.39 is 15.7 Å². The molecule has 2 aromatic heterocycles. The smallest absolute Gasteiger partial charge is 0.257 e. The van der Waals surface area contributed by atoms with Crippen molar-refractivity contribution in [2.45, 2.75) is 4.90 Å². The third-order valence-electron chi connectivity index (χ3n) is 4.23. The molecule has 4 aromatic rings. The first-order chi connectivity index (χ1) is 13.8. The van der Waals surface area contributed by atoms with Gasteiger partial charge in [-0.3, -0.25) is 10.1 Å². The Labute approximate surface area is 170 Å². The van der Waals surface area contributed by atoms with Crippen molar-refractivity contribution in [2.75, 3.05) is 18.7 Å². The molecule has 0 fully saturated rings. The molecule has 148 valence electrons. The summed E-state index contributed by atoms with van der Waals surface area (Å²) in [7, 11) is -1.82. The molecule has 7 nitrogen and oxygen atoms in total. The number of rotatable bonds is 5. The zero-order valence-corrected chi connectivity index (χ0v) is 17.1. The van der Waals surface area contributed by atoms with Crippen LogP contribution >= 0.6 is 11.3 Å². The Balaban J connectivity index is 1.58. The van der Waals surface area contributed by atoms with Crippen molar-refractivity contribution in [2.24, 2.45) is 0 Å². The topological polar surface area (TPSA) is 98.5 Å². The van der Waals surface area contributed by atoms with Crippen molar-refractivity contribution in [1.82, 2.24) is 4.98 Å². The Morgan fingerprint density at radius 1 is 1.17 bits per heavy atom. The van der Waals surface area contributed by atoms with E-state index in [2.05, 4.69) is 10.3 Å². The molecule has 0 bridgehead atoms. The maximum Gasteiger partial charge on any atom is 0.257 e. The number of para-hydroxylation sites is 1. The van der Waals surface area contributed by atoms with E-state index in [4.69, 9.17) is 9.15 Å². The van der Waals surface area contributed by atoms with E-state index in [0.717, 1.165) is 11.6 Å². The van der Waals surface area contributed by atoms with Gasteiger partial charge in [0.25, 0.3) is 5.91 Å². The number of methoxy groups -OCH3 is 1. The van der Waals surface area contributed by atoms with Crippen LogP contribution in [0.25, 0.3) is 22.4 Å². The number of hydrogen-bond donors (Lipinski definition) is 1. The second-order valence-corrected chi connectivity index (χ2v) is 9.16. The Morgan fingerprint density at radius 3 is 2.72 bits per heavy atom. The average Bonchev–Trinajstić information content (AvgIpc) is 3.33. The molecule has 0 aliphatic heterocycles. The van der Waals surface area contributed by atoms with E-state index in [9.17, 15) is 13.2 Å². The van der Waals surface area contributed by atoms with Crippen LogP contribution in [0.2, 0.25) is 0 Å². The van der Waals surface area contributed by atoms with E-state index >= 15 is 0 Å². The van der Waals surface area contributed by atoms with Crippen molar-refractivity contribution in [1.29, 1.82) is 0 Å². The van der Waals surface area contributed by atoms with Gasteiger partial charge in [-0.1, -0.05) is 18.2 Å². The molecule has 0 atom stereocenters. The van der Waals surface area contributed by atoms with Gasteiger partial charge in [0.05, 0.1) is 12.0 Å². The van der Waals surface area contributed by atoms with Crippen LogP contribution in [-0.2, 0) is 9.84 Å². The summed E-state index contributed by atoms with van der Waals surface area (Å²) >= 11 is 1.24. The SMILES string of the molecule is COc1cccc2cc(-c3csc(NC(=O)c4cccc(S(C)(=O)=O)c4)n3)oc12. The summed E-state index contributed by atoms with van der Waals surface area (Å²) < 4.78 is 34.5. The molecule has 1 N–H and O–H groups in total. The standard InChI is InChI=1S/C20H16N2O5S2/c1-26-16-8-4-5-12-10-17(27-18(12)16)15-11-28-20(21-15)22-19(23)13-6-3-7-14(9-13)29(2,24)25/h3-11H,1-2H3,(H,21,22,23). The summed E-state index contributed by atoms with van der Waals surface area (Å²) in [6, 6.07) is 13.3. The number of fused-ring (bicyclic) bond motifs is 1. The highest BCUT2D eigenvalue weighted by molar-refractivity contribution is 7.90. The van der Waals surface area contributed by atoms with Crippen molar-refractivity contribution < 1.29 is 22.4 Å². The Kier molecular flexibility index (Phi) is 4.85. The number of nitrogens with zero attached hydrogens (tertiary/aromatic N) is 1. The zero-order chi connectivity index (χ0) is 20.6. The van der Waals surface area contributed by atoms with Crippen LogP contribution in [0.3, 0.4) is 0 Å². The first kappa shape index (κ1) is 19.2. The molecule has 0 aliphatic carbocycles. The van der Waals surface area contributed by atoms with E-state index in [1.54, 1.807) is 18.6 Å². The number of carbonyl (C=O) groups is 1. The fraction of sp³-hybridized carbons (Fsp3) is 0.100. The van der Waals surface area contributed by atoms with Crippen LogP contribution in [0, 0.1) is 0 Å². The summed E-state index contributed by atoms with van der Waals surface area (Å²) in [5.41, 5.74) is 1.44. The largest absolute Gasteiger partial charge is 0.493 e. The number of thiazole rings is 1. The number of nitrogens with one attached hydrogen (secondary N) is 1. The molecule has 0 saturated heterocycles. The van der Waals surface area contributed by atoms with Crippen LogP contribution in [0.15, 0.2) is 63.2 Å². The molecule has 2 heterocycles. The lowest BCUT2D eigenvalue weighted by Crippen LogP contribution is -2.12. The lowest BCUT2D eigenvalue weighted by atomic mass is 10.2. The highest BCUT2D eigenvalue weighted by Gasteiger charge is 2.16. The molecular weight excluding hydrogens is 412 g/mol. The molecule has 9 heteroatoms. The van der Waals surface area contributed by atoms with Gasteiger partial charge in [0.1, 0.15) is 5.69 Å². The van der Waals surface area contributed by atoms with E-state index in [1.807, 2.05) is 24.3 Å². The number of carbonyl (C=O) groups excluding carboxylic acids is 1. The fourth-order valence-electron chi connectivity index (χ4n) is 2.80. The Hall–Kier alpha value is -3.17. The van der Waals surface area contributed by atoms with Gasteiger partial charge < -0.3 is 9.15 Å². The summed E-state index contributed by atoms with van der Waals surface area (Å²) in [4.78, 5) is 17.0. The molecule has 0 unspecified atom stereocenters. The predicted octanol–water partition coefficient (Wildman–Crippen LogP) is 4.22. The molecule has 0 radical (unpaired) electrons. The molecule has 0 saturated carbocycles. The van der Waals surface area contributed by atoms with Crippen LogP contribution in [0.4, 0.5) is 5.13 Å². The number of benzene rings is 2. The highest BCUT2D eigenvalue weighted by atomic mass is 32.2. The average molecular weight is 428 g/mol. The summed E-state index contributed by atoms with van der Waals surface area (Å²) in [6.07, 6.45) is 1.10. The molecule has 29 heavy (non-hydrogen) atoms. The second kappa shape index (κ2) is 7.34. The quantitative estimate of drug-likeness (QED) is 0.511. The van der Waals surface area contributed by atoms with E-state index in [1.165, 1.54) is 29.5 Å². The first-order valence-electron chi connectivity index (χ1n) is 8.49. The first-order valence-corrected chi connectivity index (χ1v) is 11.3. The number of amides is 1. The fourth-order valence-corrected chi connectivity index (χ4v) is 4.17. The number of sulfone groups is 1. The Morgan fingerprint density at radius 2 is 1.97 bits per heavy atom. The number of furan rings is 1. The van der Waals surface area contributed by atoms with Crippen LogP contribution < -0.4 is 10.1 Å². The van der Waals surface area contributed by atoms with Crippen LogP contribution in [-0.4, -0.2) is 32.7 Å². The summed E-state index contributed by atoms with van der Waals surface area (Å²) in [6.45, 7) is 0. The van der Waals surface area contributed by atoms with Gasteiger partial charge in [-0.05, 0) is 30.3 Å². The van der Waals surface area contributed by atoms with Crippen molar-refractivity contribution in [3.63, 3.8) is 0 Å². The molecule has 2 aromatic carbocycles. The molecule has 4 rings (SSSR count). The molecule has 0 spiro atoms. The third kappa shape index (κ3) is 3.87. The molecular formula is C20H16N2O5S2. The normalized spacial score (nSPS) is 11.5. The Bertz CT molecular complexity index is 1320. The summed E-state index contributed by atoms with van der Waals surface area (Å²) in [5.74, 6) is 0.742. The highest BCUT2D eigenvalue weighted by Crippen LogP contribution is 2.34. The van der Waals surface area contributed by atoms with Gasteiger partial charge in [0, 0.05) is 22.6 Å². The maximum atomic E-state index is 12.5. The van der Waals surface area contributed by atoms with E-state index in [0.29, 0.717) is 27.9 Å². The minimum Gasteiger partial charge on any atom is -0.493 e. The number of hydrogen-bond acceptors (Lipinski definition) is 7. The second-order valence-electron chi connectivity index (χ2n) is 6.28. The van der Waals surface area contributed by atoms with Gasteiger partial charge in [0.15, 0.2) is 32.1 Å². The van der Waals surface area contributed by atoms with Crippen LogP contribution in [0.5, 0.6) is 5.75 Å². The summed E-state index contributed by atoms with van der Waals surface area (Å²) in [5, 5.41) is 5.72. The van der Waals surface area contributed by atoms with Crippen molar-refractivity contribution in [3.05, 3.63) is 59.5 Å². The monoisotopic (exact) mass is 428 g/mol. The van der Waals surface area contributed by atoms with Crippen molar-refractivity contribution >= 4 is 43.2 Å². The maximum absolute atomic E-state index is 12.5. The van der Waals surface area contributed by atoms with Gasteiger partial charge >= 0.3 is 0 Å². The van der Waals surface area contributed by atoms with Gasteiger partial charge in [-0.2, -0.15) is 0 Å². The molecule has 0 aliphatic rings. The zero-order valence-electron chi connectivity index (χ0n) is 15.5. The lowest BCUT2D eigenvalue weighted by Gasteiger charge is -2.04. The number of ether oxygens (including phenoxy) is 1. The third-order valence-corrected chi connectivity index (χ3v) is 6.10. The number of aromatic nitrogens is 1. The van der Waals surface area contributed by atoms with E-state index in [-0.39, 0.29) is 10.5 Å². The van der Waals surface area contributed by atoms with Gasteiger partial charge in [0.2, 0.25) is 0 Å². The minimum atomic E-state index is -3.40. The van der Waals surface area contributed by atoms with Crippen molar-refractivity contribution in [3.8, 4) is 17.2 Å². The molecule has 1 amide bonds. The predicted molar refractivity (Wildman–Crippen MR) is 111 cm³/mol. The minimum absolute atomic E-state index is 0.0844. The van der Waals surface area contributed by atoms with Crippen LogP contribution in [0.1, 0.15) is 10.4 Å². The number of anilines is 1.